The lowest BCUT2D eigenvalue weighted by atomic mass is 10.1. The largest absolute Gasteiger partial charge is 0.495 e. The summed E-state index contributed by atoms with van der Waals surface area (Å²) >= 11 is 6.29. The van der Waals surface area contributed by atoms with Crippen LogP contribution in [0.15, 0.2) is 30.5 Å². The van der Waals surface area contributed by atoms with Crippen molar-refractivity contribution in [1.82, 2.24) is 9.88 Å². The number of anilines is 2. The third kappa shape index (κ3) is 5.99. The molecule has 2 fully saturated rings. The quantitative estimate of drug-likeness (QED) is 0.493. The van der Waals surface area contributed by atoms with Crippen LogP contribution in [0.25, 0.3) is 0 Å². The summed E-state index contributed by atoms with van der Waals surface area (Å²) in [7, 11) is 1.59. The number of pyridine rings is 1. The summed E-state index contributed by atoms with van der Waals surface area (Å²) in [5.74, 6) is 1.46. The number of carbonyl (C=O) groups excluding carboxylic acids is 1. The Morgan fingerprint density at radius 2 is 2.12 bits per heavy atom. The number of carbonyl (C=O) groups is 1. The summed E-state index contributed by atoms with van der Waals surface area (Å²) in [4.78, 5) is 22.2. The van der Waals surface area contributed by atoms with E-state index in [0.717, 1.165) is 49.5 Å². The van der Waals surface area contributed by atoms with Gasteiger partial charge in [-0.2, -0.15) is 0 Å². The molecule has 184 valence electrons. The Labute approximate surface area is 205 Å². The van der Waals surface area contributed by atoms with Crippen molar-refractivity contribution in [3.63, 3.8) is 0 Å². The van der Waals surface area contributed by atoms with Crippen molar-refractivity contribution < 1.29 is 19.4 Å². The van der Waals surface area contributed by atoms with Crippen LogP contribution in [-0.4, -0.2) is 79.9 Å². The summed E-state index contributed by atoms with van der Waals surface area (Å²) in [5.41, 5.74) is 2.30. The molecular formula is C25H33ClN4O4. The molecule has 0 radical (unpaired) electrons. The Bertz CT molecular complexity index is 983. The highest BCUT2D eigenvalue weighted by Crippen LogP contribution is 2.29. The Hall–Kier alpha value is -2.39. The van der Waals surface area contributed by atoms with E-state index >= 15 is 0 Å². The fourth-order valence-corrected chi connectivity index (χ4v) is 4.81. The molecule has 0 saturated carbocycles. The van der Waals surface area contributed by atoms with Gasteiger partial charge in [0.2, 0.25) is 0 Å². The topological polar surface area (TPSA) is 87.2 Å². The van der Waals surface area contributed by atoms with Crippen LogP contribution in [0, 0.1) is 0 Å². The maximum atomic E-state index is 13.2. The molecule has 2 aliphatic heterocycles. The summed E-state index contributed by atoms with van der Waals surface area (Å²) in [6.07, 6.45) is 4.05. The van der Waals surface area contributed by atoms with E-state index in [1.807, 2.05) is 24.3 Å². The molecule has 1 atom stereocenters. The van der Waals surface area contributed by atoms with Crippen LogP contribution in [0.2, 0.25) is 5.02 Å². The zero-order valence-electron chi connectivity index (χ0n) is 19.6. The van der Waals surface area contributed by atoms with Gasteiger partial charge in [0.05, 0.1) is 49.2 Å². The molecule has 2 N–H and O–H groups in total. The maximum absolute atomic E-state index is 13.2. The number of nitrogens with zero attached hydrogens (tertiary/aromatic N) is 3. The summed E-state index contributed by atoms with van der Waals surface area (Å²) < 4.78 is 10.6. The van der Waals surface area contributed by atoms with Crippen molar-refractivity contribution in [3.8, 4) is 5.75 Å². The average molecular weight is 489 g/mol. The number of hydrogen-bond acceptors (Lipinski definition) is 8. The van der Waals surface area contributed by atoms with E-state index in [0.29, 0.717) is 49.1 Å². The molecule has 0 aliphatic carbocycles. The SMILES string of the molecule is COc1ccc(CNc2cc(N3CCC[C@H]3CO)ncc2C(=O)CCN2CCOCC2)cc1Cl. The number of ketones is 1. The van der Waals surface area contributed by atoms with Gasteiger partial charge in [-0.25, -0.2) is 4.98 Å². The molecule has 4 rings (SSSR count). The molecule has 0 unspecified atom stereocenters. The first-order chi connectivity index (χ1) is 16.6. The first kappa shape index (κ1) is 24.7. The van der Waals surface area contributed by atoms with Gasteiger partial charge in [0.25, 0.3) is 0 Å². The molecule has 0 spiro atoms. The fourth-order valence-electron chi connectivity index (χ4n) is 4.53. The predicted molar refractivity (Wildman–Crippen MR) is 133 cm³/mol. The number of nitrogens with one attached hydrogen (secondary N) is 1. The van der Waals surface area contributed by atoms with Crippen molar-refractivity contribution in [2.24, 2.45) is 0 Å². The molecule has 8 nitrogen and oxygen atoms in total. The van der Waals surface area contributed by atoms with E-state index < -0.39 is 0 Å². The second kappa shape index (κ2) is 11.8. The molecular weight excluding hydrogens is 456 g/mol. The van der Waals surface area contributed by atoms with Gasteiger partial charge in [-0.1, -0.05) is 17.7 Å². The minimum atomic E-state index is 0.0564. The molecule has 9 heteroatoms. The van der Waals surface area contributed by atoms with E-state index in [2.05, 4.69) is 20.1 Å². The van der Waals surface area contributed by atoms with Crippen molar-refractivity contribution in [1.29, 1.82) is 0 Å². The number of Topliss-reactive ketones (excluding diaryl/α,β-unsaturated/α-hetero) is 1. The van der Waals surface area contributed by atoms with Gasteiger partial charge in [-0.15, -0.1) is 0 Å². The minimum absolute atomic E-state index is 0.0564. The molecule has 1 aromatic carbocycles. The number of methoxy groups -OCH3 is 1. The smallest absolute Gasteiger partial charge is 0.167 e. The summed E-state index contributed by atoms with van der Waals surface area (Å²) in [5, 5.41) is 13.7. The van der Waals surface area contributed by atoms with E-state index in [-0.39, 0.29) is 18.4 Å². The lowest BCUT2D eigenvalue weighted by molar-refractivity contribution is 0.0370. The fraction of sp³-hybridized carbons (Fsp3) is 0.520. The number of morpholine rings is 1. The Kier molecular flexibility index (Phi) is 8.61. The number of halogens is 1. The molecule has 1 aromatic heterocycles. The highest BCUT2D eigenvalue weighted by Gasteiger charge is 2.26. The Morgan fingerprint density at radius 3 is 2.85 bits per heavy atom. The predicted octanol–water partition coefficient (Wildman–Crippen LogP) is 3.22. The standard InChI is InChI=1S/C25H33ClN4O4/c1-33-24-5-4-18(13-21(24)26)15-27-22-14-25(30-7-2-3-19(30)17-31)28-16-20(22)23(32)6-8-29-9-11-34-12-10-29/h4-5,13-14,16,19,31H,2-3,6-12,15,17H2,1H3,(H,27,28)/t19-/m0/s1. The number of hydrogen-bond donors (Lipinski definition) is 2. The van der Waals surface area contributed by atoms with Gasteiger partial charge in [0, 0.05) is 51.4 Å². The zero-order valence-corrected chi connectivity index (χ0v) is 20.4. The third-order valence-corrected chi connectivity index (χ3v) is 6.83. The Balaban J connectivity index is 1.52. The van der Waals surface area contributed by atoms with Crippen molar-refractivity contribution in [2.45, 2.75) is 31.8 Å². The van der Waals surface area contributed by atoms with Crippen LogP contribution in [0.5, 0.6) is 5.75 Å². The van der Waals surface area contributed by atoms with E-state index in [4.69, 9.17) is 21.1 Å². The number of ether oxygens (including phenoxy) is 2. The van der Waals surface area contributed by atoms with Crippen LogP contribution < -0.4 is 15.0 Å². The van der Waals surface area contributed by atoms with Crippen LogP contribution in [0.1, 0.15) is 35.2 Å². The number of rotatable bonds is 10. The van der Waals surface area contributed by atoms with Gasteiger partial charge in [0.15, 0.2) is 5.78 Å². The molecule has 2 aliphatic rings. The first-order valence-electron chi connectivity index (χ1n) is 11.9. The van der Waals surface area contributed by atoms with Gasteiger partial charge in [-0.3, -0.25) is 9.69 Å². The summed E-state index contributed by atoms with van der Waals surface area (Å²) in [6, 6.07) is 7.63. The highest BCUT2D eigenvalue weighted by molar-refractivity contribution is 6.32. The second-order valence-corrected chi connectivity index (χ2v) is 9.12. The normalized spacial score (nSPS) is 18.8. The lowest BCUT2D eigenvalue weighted by Gasteiger charge is -2.27. The van der Waals surface area contributed by atoms with Gasteiger partial charge in [0.1, 0.15) is 11.6 Å². The van der Waals surface area contributed by atoms with E-state index in [1.165, 1.54) is 0 Å². The van der Waals surface area contributed by atoms with Crippen molar-refractivity contribution in [2.75, 3.05) is 63.3 Å². The van der Waals surface area contributed by atoms with E-state index in [1.54, 1.807) is 13.3 Å². The number of benzene rings is 1. The van der Waals surface area contributed by atoms with Crippen LogP contribution in [0.3, 0.4) is 0 Å². The zero-order chi connectivity index (χ0) is 23.9. The first-order valence-corrected chi connectivity index (χ1v) is 12.2. The number of aliphatic hydroxyl groups is 1. The monoisotopic (exact) mass is 488 g/mol. The van der Waals surface area contributed by atoms with Crippen LogP contribution in [0.4, 0.5) is 11.5 Å². The maximum Gasteiger partial charge on any atom is 0.167 e. The molecule has 3 heterocycles. The molecule has 34 heavy (non-hydrogen) atoms. The molecule has 2 saturated heterocycles. The third-order valence-electron chi connectivity index (χ3n) is 6.53. The molecule has 0 bridgehead atoms. The second-order valence-electron chi connectivity index (χ2n) is 8.71. The lowest BCUT2D eigenvalue weighted by Crippen LogP contribution is -2.37. The Morgan fingerprint density at radius 1 is 1.29 bits per heavy atom. The van der Waals surface area contributed by atoms with Gasteiger partial charge < -0.3 is 24.8 Å². The van der Waals surface area contributed by atoms with Crippen molar-refractivity contribution >= 4 is 28.9 Å². The van der Waals surface area contributed by atoms with Gasteiger partial charge in [-0.05, 0) is 30.5 Å². The summed E-state index contributed by atoms with van der Waals surface area (Å²) in [6.45, 7) is 5.27. The minimum Gasteiger partial charge on any atom is -0.495 e. The molecule has 0 amide bonds. The van der Waals surface area contributed by atoms with E-state index in [9.17, 15) is 9.90 Å². The van der Waals surface area contributed by atoms with Crippen molar-refractivity contribution in [3.05, 3.63) is 46.6 Å². The average Bonchev–Trinajstić information content (AvgIpc) is 3.35. The highest BCUT2D eigenvalue weighted by atomic mass is 35.5. The number of aromatic nitrogens is 1. The van der Waals surface area contributed by atoms with Crippen LogP contribution in [-0.2, 0) is 11.3 Å². The van der Waals surface area contributed by atoms with Gasteiger partial charge >= 0.3 is 0 Å². The molecule has 2 aromatic rings. The number of aliphatic hydroxyl groups excluding tert-OH is 1. The van der Waals surface area contributed by atoms with Crippen LogP contribution >= 0.6 is 11.6 Å².